The molecule has 2 rings (SSSR count). The van der Waals surface area contributed by atoms with Crippen LogP contribution in [0.5, 0.6) is 0 Å². The summed E-state index contributed by atoms with van der Waals surface area (Å²) in [5, 5.41) is 10.2. The van der Waals surface area contributed by atoms with Crippen LogP contribution >= 0.6 is 0 Å². The van der Waals surface area contributed by atoms with Crippen LogP contribution in [0.1, 0.15) is 26.2 Å². The summed E-state index contributed by atoms with van der Waals surface area (Å²) in [5.74, 6) is 0.907. The largest absolute Gasteiger partial charge is 0.380 e. The van der Waals surface area contributed by atoms with E-state index in [2.05, 4.69) is 22.4 Å². The molecule has 0 bridgehead atoms. The first-order valence-corrected chi connectivity index (χ1v) is 4.65. The highest BCUT2D eigenvalue weighted by Gasteiger charge is 2.29. The Bertz CT molecular complexity index is 226. The van der Waals surface area contributed by atoms with Crippen LogP contribution in [0.4, 0.5) is 5.69 Å². The number of nitrogens with one attached hydrogen (secondary N) is 2. The molecule has 0 radical (unpaired) electrons. The Balaban J connectivity index is 1.91. The second-order valence-electron chi connectivity index (χ2n) is 3.48. The average molecular weight is 165 g/mol. The molecule has 1 atom stereocenters. The standard InChI is InChI=1S/C9H15N3/c1-2-9(7-3-4-7)12-8-5-10-11-6-8/h5-7,9,12H,2-4H2,1H3,(H,10,11). The van der Waals surface area contributed by atoms with E-state index in [1.54, 1.807) is 0 Å². The topological polar surface area (TPSA) is 40.7 Å². The van der Waals surface area contributed by atoms with E-state index in [1.165, 1.54) is 19.3 Å². The lowest BCUT2D eigenvalue weighted by molar-refractivity contribution is 0.616. The van der Waals surface area contributed by atoms with E-state index in [-0.39, 0.29) is 0 Å². The van der Waals surface area contributed by atoms with E-state index in [0.29, 0.717) is 6.04 Å². The summed E-state index contributed by atoms with van der Waals surface area (Å²) >= 11 is 0. The van der Waals surface area contributed by atoms with E-state index >= 15 is 0 Å². The zero-order valence-electron chi connectivity index (χ0n) is 7.38. The van der Waals surface area contributed by atoms with Gasteiger partial charge in [0.15, 0.2) is 0 Å². The van der Waals surface area contributed by atoms with E-state index < -0.39 is 0 Å². The van der Waals surface area contributed by atoms with Crippen molar-refractivity contribution in [1.82, 2.24) is 10.2 Å². The summed E-state index contributed by atoms with van der Waals surface area (Å²) in [6.07, 6.45) is 7.73. The maximum absolute atomic E-state index is 3.90. The Hall–Kier alpha value is -0.990. The maximum Gasteiger partial charge on any atom is 0.0726 e. The van der Waals surface area contributed by atoms with Crippen LogP contribution in [0, 0.1) is 5.92 Å². The molecule has 1 fully saturated rings. The van der Waals surface area contributed by atoms with Gasteiger partial charge in [0.1, 0.15) is 0 Å². The third-order valence-electron chi connectivity index (χ3n) is 2.48. The van der Waals surface area contributed by atoms with Crippen molar-refractivity contribution in [1.29, 1.82) is 0 Å². The third-order valence-corrected chi connectivity index (χ3v) is 2.48. The first kappa shape index (κ1) is 7.65. The van der Waals surface area contributed by atoms with Crippen LogP contribution in [0.3, 0.4) is 0 Å². The van der Waals surface area contributed by atoms with Crippen molar-refractivity contribution >= 4 is 5.69 Å². The number of rotatable bonds is 4. The fraction of sp³-hybridized carbons (Fsp3) is 0.667. The predicted molar refractivity (Wildman–Crippen MR) is 49.0 cm³/mol. The van der Waals surface area contributed by atoms with Crippen LogP contribution in [0.15, 0.2) is 12.4 Å². The van der Waals surface area contributed by atoms with Crippen LogP contribution in [0.2, 0.25) is 0 Å². The van der Waals surface area contributed by atoms with Gasteiger partial charge in [0.25, 0.3) is 0 Å². The molecule has 1 aromatic rings. The van der Waals surface area contributed by atoms with Crippen LogP contribution < -0.4 is 5.32 Å². The van der Waals surface area contributed by atoms with Gasteiger partial charge in [-0.05, 0) is 25.2 Å². The Morgan fingerprint density at radius 1 is 1.75 bits per heavy atom. The molecule has 0 spiro atoms. The van der Waals surface area contributed by atoms with Gasteiger partial charge in [-0.2, -0.15) is 5.10 Å². The molecular weight excluding hydrogens is 150 g/mol. The molecule has 1 saturated carbocycles. The lowest BCUT2D eigenvalue weighted by atomic mass is 10.1. The van der Waals surface area contributed by atoms with Crippen molar-refractivity contribution in [2.45, 2.75) is 32.2 Å². The SMILES string of the molecule is CCC(Nc1cn[nH]c1)C1CC1. The van der Waals surface area contributed by atoms with E-state index in [0.717, 1.165) is 11.6 Å². The van der Waals surface area contributed by atoms with Gasteiger partial charge >= 0.3 is 0 Å². The van der Waals surface area contributed by atoms with Crippen molar-refractivity contribution < 1.29 is 0 Å². The Kier molecular flexibility index (Phi) is 2.02. The third kappa shape index (κ3) is 1.60. The molecule has 1 aliphatic carbocycles. The molecule has 1 heterocycles. The zero-order chi connectivity index (χ0) is 8.39. The van der Waals surface area contributed by atoms with Gasteiger partial charge in [-0.15, -0.1) is 0 Å². The number of hydrogen-bond donors (Lipinski definition) is 2. The maximum atomic E-state index is 3.90. The van der Waals surface area contributed by atoms with Crippen LogP contribution in [0.25, 0.3) is 0 Å². The van der Waals surface area contributed by atoms with Crippen LogP contribution in [-0.4, -0.2) is 16.2 Å². The quantitative estimate of drug-likeness (QED) is 0.716. The first-order valence-electron chi connectivity index (χ1n) is 4.65. The predicted octanol–water partition coefficient (Wildman–Crippen LogP) is 2.01. The molecule has 1 aliphatic rings. The van der Waals surface area contributed by atoms with Crippen molar-refractivity contribution in [2.75, 3.05) is 5.32 Å². The summed E-state index contributed by atoms with van der Waals surface area (Å²) in [5.41, 5.74) is 1.12. The van der Waals surface area contributed by atoms with Gasteiger partial charge in [0, 0.05) is 12.2 Å². The molecule has 0 saturated heterocycles. The molecule has 1 unspecified atom stereocenters. The number of aromatic nitrogens is 2. The Morgan fingerprint density at radius 2 is 2.58 bits per heavy atom. The van der Waals surface area contributed by atoms with Gasteiger partial charge in [0.2, 0.25) is 0 Å². The van der Waals surface area contributed by atoms with Gasteiger partial charge < -0.3 is 5.32 Å². The summed E-state index contributed by atoms with van der Waals surface area (Å²) in [7, 11) is 0. The number of nitrogens with zero attached hydrogens (tertiary/aromatic N) is 1. The monoisotopic (exact) mass is 165 g/mol. The summed E-state index contributed by atoms with van der Waals surface area (Å²) < 4.78 is 0. The minimum atomic E-state index is 0.655. The lowest BCUT2D eigenvalue weighted by Gasteiger charge is -2.15. The minimum Gasteiger partial charge on any atom is -0.380 e. The Morgan fingerprint density at radius 3 is 3.08 bits per heavy atom. The van der Waals surface area contributed by atoms with Gasteiger partial charge in [-0.3, -0.25) is 5.10 Å². The van der Waals surface area contributed by atoms with Crippen molar-refractivity contribution in [3.05, 3.63) is 12.4 Å². The lowest BCUT2D eigenvalue weighted by Crippen LogP contribution is -2.20. The van der Waals surface area contributed by atoms with Gasteiger partial charge in [0.05, 0.1) is 11.9 Å². The highest BCUT2D eigenvalue weighted by Crippen LogP contribution is 2.35. The molecule has 0 aromatic carbocycles. The molecule has 12 heavy (non-hydrogen) atoms. The fourth-order valence-corrected chi connectivity index (χ4v) is 1.60. The van der Waals surface area contributed by atoms with Gasteiger partial charge in [-0.1, -0.05) is 6.92 Å². The molecule has 0 aliphatic heterocycles. The number of hydrogen-bond acceptors (Lipinski definition) is 2. The zero-order valence-corrected chi connectivity index (χ0v) is 7.38. The van der Waals surface area contributed by atoms with E-state index in [1.807, 2.05) is 12.4 Å². The second-order valence-corrected chi connectivity index (χ2v) is 3.48. The molecule has 0 amide bonds. The first-order chi connectivity index (χ1) is 5.90. The van der Waals surface area contributed by atoms with Crippen molar-refractivity contribution in [3.63, 3.8) is 0 Å². The summed E-state index contributed by atoms with van der Waals surface area (Å²) in [6.45, 7) is 2.23. The summed E-state index contributed by atoms with van der Waals surface area (Å²) in [4.78, 5) is 0. The number of H-pyrrole nitrogens is 1. The number of aromatic amines is 1. The minimum absolute atomic E-state index is 0.655. The molecule has 3 heteroatoms. The highest BCUT2D eigenvalue weighted by molar-refractivity contribution is 5.39. The van der Waals surface area contributed by atoms with Crippen LogP contribution in [-0.2, 0) is 0 Å². The van der Waals surface area contributed by atoms with Crippen molar-refractivity contribution in [3.8, 4) is 0 Å². The fourth-order valence-electron chi connectivity index (χ4n) is 1.60. The summed E-state index contributed by atoms with van der Waals surface area (Å²) in [6, 6.07) is 0.655. The molecular formula is C9H15N3. The Labute approximate surface area is 72.6 Å². The second kappa shape index (κ2) is 3.17. The molecule has 66 valence electrons. The van der Waals surface area contributed by atoms with Gasteiger partial charge in [-0.25, -0.2) is 0 Å². The normalized spacial score (nSPS) is 19.1. The molecule has 2 N–H and O–H groups in total. The number of anilines is 1. The van der Waals surface area contributed by atoms with E-state index in [4.69, 9.17) is 0 Å². The smallest absolute Gasteiger partial charge is 0.0726 e. The van der Waals surface area contributed by atoms with Crippen molar-refractivity contribution in [2.24, 2.45) is 5.92 Å². The highest BCUT2D eigenvalue weighted by atomic mass is 15.1. The van der Waals surface area contributed by atoms with E-state index in [9.17, 15) is 0 Å². The molecule has 1 aromatic heterocycles. The molecule has 3 nitrogen and oxygen atoms in total. The average Bonchev–Trinajstić information content (AvgIpc) is 2.80.